The van der Waals surface area contributed by atoms with Gasteiger partial charge >= 0.3 is 18.0 Å². The molecule has 1 unspecified atom stereocenters. The average molecular weight is 405 g/mol. The van der Waals surface area contributed by atoms with E-state index in [1.165, 1.54) is 4.90 Å². The summed E-state index contributed by atoms with van der Waals surface area (Å²) in [6, 6.07) is 8.03. The number of amides is 2. The molecule has 0 fully saturated rings. The van der Waals surface area contributed by atoms with Gasteiger partial charge in [-0.3, -0.25) is 4.90 Å². The fourth-order valence-electron chi connectivity index (χ4n) is 2.58. The molecule has 0 aliphatic carbocycles. The third-order valence-corrected chi connectivity index (χ3v) is 3.99. The molecule has 1 aromatic carbocycles. The third-order valence-electron chi connectivity index (χ3n) is 3.99. The van der Waals surface area contributed by atoms with Crippen molar-refractivity contribution in [2.75, 3.05) is 33.8 Å². The van der Waals surface area contributed by atoms with Crippen LogP contribution in [0, 0.1) is 0 Å². The molecule has 29 heavy (non-hydrogen) atoms. The molecular weight excluding hydrogens is 378 g/mol. The van der Waals surface area contributed by atoms with Gasteiger partial charge in [-0.2, -0.15) is 5.06 Å². The normalized spacial score (nSPS) is 19.2. The van der Waals surface area contributed by atoms with E-state index >= 15 is 0 Å². The van der Waals surface area contributed by atoms with Gasteiger partial charge in [0.05, 0.1) is 6.54 Å². The first-order valence-corrected chi connectivity index (χ1v) is 9.31. The molecule has 0 N–H and O–H groups in total. The molecule has 0 bridgehead atoms. The Labute approximate surface area is 170 Å². The number of benzene rings is 1. The lowest BCUT2D eigenvalue weighted by atomic mass is 10.3. The predicted octanol–water partition coefficient (Wildman–Crippen LogP) is 1.66. The van der Waals surface area contributed by atoms with Gasteiger partial charge in [-0.15, -0.1) is 0 Å². The lowest BCUT2D eigenvalue weighted by Crippen LogP contribution is -2.56. The maximum atomic E-state index is 13.2. The molecule has 2 amide bonds. The van der Waals surface area contributed by atoms with Crippen molar-refractivity contribution in [1.82, 2.24) is 14.9 Å². The summed E-state index contributed by atoms with van der Waals surface area (Å²) >= 11 is 0. The van der Waals surface area contributed by atoms with Gasteiger partial charge in [0.2, 0.25) is 6.23 Å². The van der Waals surface area contributed by atoms with Gasteiger partial charge in [-0.25, -0.2) is 14.4 Å². The summed E-state index contributed by atoms with van der Waals surface area (Å²) in [7, 11) is 3.68. The summed E-state index contributed by atoms with van der Waals surface area (Å²) in [6.07, 6.45) is 0.882. The van der Waals surface area contributed by atoms with Crippen LogP contribution in [-0.2, 0) is 19.2 Å². The highest BCUT2D eigenvalue weighted by atomic mass is 16.7. The standard InChI is InChI=1S/C20H27N3O6/c1-15(2)23-17(14-27-16-8-6-5-7-9-16)28-18(24)10-11-19(25)29-22(20(23)26)13-12-21(3)4/h5-11,15,17H,12-14H2,1-4H3/b11-10+. The number of rotatable bonds is 7. The predicted molar refractivity (Wildman–Crippen MR) is 105 cm³/mol. The second-order valence-corrected chi connectivity index (χ2v) is 6.95. The number of carbonyl (C=O) groups excluding carboxylic acids is 3. The van der Waals surface area contributed by atoms with Crippen molar-refractivity contribution in [3.05, 3.63) is 42.5 Å². The number of urea groups is 1. The Bertz CT molecular complexity index is 735. The minimum atomic E-state index is -1.02. The molecule has 158 valence electrons. The van der Waals surface area contributed by atoms with E-state index in [4.69, 9.17) is 14.3 Å². The molecule has 2 rings (SSSR count). The van der Waals surface area contributed by atoms with Crippen LogP contribution in [0.1, 0.15) is 13.8 Å². The molecule has 0 aromatic heterocycles. The zero-order valence-corrected chi connectivity index (χ0v) is 17.1. The van der Waals surface area contributed by atoms with Gasteiger partial charge in [0.15, 0.2) is 0 Å². The van der Waals surface area contributed by atoms with E-state index in [9.17, 15) is 14.4 Å². The Hall–Kier alpha value is -3.07. The quantitative estimate of drug-likeness (QED) is 0.638. The molecule has 1 aliphatic heterocycles. The highest BCUT2D eigenvalue weighted by molar-refractivity contribution is 5.92. The fraction of sp³-hybridized carbons (Fsp3) is 0.450. The Morgan fingerprint density at radius 1 is 1.07 bits per heavy atom. The molecule has 0 spiro atoms. The topological polar surface area (TPSA) is 88.6 Å². The monoisotopic (exact) mass is 405 g/mol. The third kappa shape index (κ3) is 6.79. The van der Waals surface area contributed by atoms with Crippen LogP contribution < -0.4 is 4.74 Å². The highest BCUT2D eigenvalue weighted by Gasteiger charge is 2.35. The van der Waals surface area contributed by atoms with Gasteiger partial charge in [-0.05, 0) is 40.1 Å². The van der Waals surface area contributed by atoms with E-state index in [0.29, 0.717) is 12.3 Å². The zero-order chi connectivity index (χ0) is 21.4. The Balaban J connectivity index is 2.30. The number of hydrogen-bond acceptors (Lipinski definition) is 7. The zero-order valence-electron chi connectivity index (χ0n) is 17.1. The number of hydrogen-bond donors (Lipinski definition) is 0. The number of hydroxylamine groups is 2. The summed E-state index contributed by atoms with van der Waals surface area (Å²) in [5.74, 6) is -1.04. The average Bonchev–Trinajstić information content (AvgIpc) is 2.67. The number of nitrogens with zero attached hydrogens (tertiary/aromatic N) is 3. The second-order valence-electron chi connectivity index (χ2n) is 6.95. The summed E-state index contributed by atoms with van der Waals surface area (Å²) in [5, 5.41) is 0.974. The molecule has 1 aromatic rings. The first kappa shape index (κ1) is 22.2. The number of para-hydroxylation sites is 1. The summed E-state index contributed by atoms with van der Waals surface area (Å²) in [6.45, 7) is 4.08. The first-order chi connectivity index (χ1) is 13.8. The van der Waals surface area contributed by atoms with Crippen molar-refractivity contribution >= 4 is 18.0 Å². The van der Waals surface area contributed by atoms with E-state index in [2.05, 4.69) is 0 Å². The van der Waals surface area contributed by atoms with E-state index < -0.39 is 24.2 Å². The molecule has 9 nitrogen and oxygen atoms in total. The van der Waals surface area contributed by atoms with Crippen LogP contribution in [0.25, 0.3) is 0 Å². The molecular formula is C20H27N3O6. The Kier molecular flexibility index (Phi) is 8.02. The van der Waals surface area contributed by atoms with Gasteiger partial charge in [0.1, 0.15) is 12.4 Å². The van der Waals surface area contributed by atoms with Crippen LogP contribution in [-0.4, -0.2) is 78.9 Å². The smallest absolute Gasteiger partial charge is 0.356 e. The number of cyclic esters (lactones) is 1. The minimum Gasteiger partial charge on any atom is -0.488 e. The summed E-state index contributed by atoms with van der Waals surface area (Å²) < 4.78 is 11.1. The number of likely N-dealkylation sites (N-methyl/N-ethyl adjacent to an activating group) is 1. The van der Waals surface area contributed by atoms with Crippen molar-refractivity contribution in [3.63, 3.8) is 0 Å². The molecule has 1 heterocycles. The van der Waals surface area contributed by atoms with E-state index in [0.717, 1.165) is 17.2 Å². The number of ether oxygens (including phenoxy) is 2. The number of carbonyl (C=O) groups is 3. The molecule has 9 heteroatoms. The summed E-state index contributed by atoms with van der Waals surface area (Å²) in [5.41, 5.74) is 0. The van der Waals surface area contributed by atoms with Crippen molar-refractivity contribution < 1.29 is 28.7 Å². The fourth-order valence-corrected chi connectivity index (χ4v) is 2.58. The van der Waals surface area contributed by atoms with E-state index in [-0.39, 0.29) is 19.2 Å². The van der Waals surface area contributed by atoms with Crippen LogP contribution in [0.2, 0.25) is 0 Å². The first-order valence-electron chi connectivity index (χ1n) is 9.31. The van der Waals surface area contributed by atoms with Crippen molar-refractivity contribution in [2.24, 2.45) is 0 Å². The second kappa shape index (κ2) is 10.5. The van der Waals surface area contributed by atoms with Crippen molar-refractivity contribution in [1.29, 1.82) is 0 Å². The van der Waals surface area contributed by atoms with E-state index in [1.54, 1.807) is 26.0 Å². The number of esters is 1. The van der Waals surface area contributed by atoms with Gasteiger partial charge in [0.25, 0.3) is 0 Å². The summed E-state index contributed by atoms with van der Waals surface area (Å²) in [4.78, 5) is 45.6. The highest BCUT2D eigenvalue weighted by Crippen LogP contribution is 2.17. The van der Waals surface area contributed by atoms with Crippen molar-refractivity contribution in [3.8, 4) is 5.75 Å². The molecule has 0 saturated carbocycles. The van der Waals surface area contributed by atoms with Crippen LogP contribution in [0.5, 0.6) is 5.75 Å². The SMILES string of the molecule is CC(C)N1C(=O)N(CCN(C)C)OC(=O)/C=C/C(=O)OC1COc1ccccc1. The Morgan fingerprint density at radius 3 is 2.34 bits per heavy atom. The van der Waals surface area contributed by atoms with Crippen LogP contribution in [0.15, 0.2) is 42.5 Å². The van der Waals surface area contributed by atoms with Crippen molar-refractivity contribution in [2.45, 2.75) is 26.1 Å². The van der Waals surface area contributed by atoms with Crippen LogP contribution in [0.4, 0.5) is 4.79 Å². The molecule has 1 aliphatic rings. The molecule has 0 saturated heterocycles. The largest absolute Gasteiger partial charge is 0.488 e. The van der Waals surface area contributed by atoms with Gasteiger partial charge in [-0.1, -0.05) is 18.2 Å². The minimum absolute atomic E-state index is 0.0804. The van der Waals surface area contributed by atoms with Gasteiger partial charge < -0.3 is 19.2 Å². The lowest BCUT2D eigenvalue weighted by molar-refractivity contribution is -0.181. The van der Waals surface area contributed by atoms with Gasteiger partial charge in [0, 0.05) is 24.7 Å². The van der Waals surface area contributed by atoms with E-state index in [1.807, 2.05) is 37.2 Å². The maximum absolute atomic E-state index is 13.2. The van der Waals surface area contributed by atoms with Crippen LogP contribution in [0.3, 0.4) is 0 Å². The Morgan fingerprint density at radius 2 is 1.72 bits per heavy atom. The molecule has 0 radical (unpaired) electrons. The molecule has 1 atom stereocenters. The lowest BCUT2D eigenvalue weighted by Gasteiger charge is -2.37. The van der Waals surface area contributed by atoms with Crippen LogP contribution >= 0.6 is 0 Å². The maximum Gasteiger partial charge on any atom is 0.356 e.